The first-order valence-corrected chi connectivity index (χ1v) is 6.57. The van der Waals surface area contributed by atoms with Gasteiger partial charge in [0.05, 0.1) is 21.5 Å². The summed E-state index contributed by atoms with van der Waals surface area (Å²) >= 11 is 0.791. The zero-order valence-corrected chi connectivity index (χ0v) is 10.9. The molecule has 0 atom stereocenters. The van der Waals surface area contributed by atoms with Gasteiger partial charge < -0.3 is 5.32 Å². The summed E-state index contributed by atoms with van der Waals surface area (Å²) in [6, 6.07) is 7.95. The SMILES string of the molecule is O=C(Nc1ccc2cn[nH]c2c1)c1ccc(C(F)F)s1. The molecular formula is C13H9F2N3OS. The molecule has 1 aromatic carbocycles. The van der Waals surface area contributed by atoms with Gasteiger partial charge in [-0.15, -0.1) is 11.3 Å². The summed E-state index contributed by atoms with van der Waals surface area (Å²) in [5.74, 6) is -0.402. The Hall–Kier alpha value is -2.28. The first-order chi connectivity index (χ1) is 9.63. The second-order valence-electron chi connectivity index (χ2n) is 4.13. The Labute approximate surface area is 116 Å². The van der Waals surface area contributed by atoms with Crippen LogP contribution in [0.3, 0.4) is 0 Å². The van der Waals surface area contributed by atoms with Gasteiger partial charge in [0.1, 0.15) is 0 Å². The van der Waals surface area contributed by atoms with E-state index < -0.39 is 12.3 Å². The van der Waals surface area contributed by atoms with Crippen molar-refractivity contribution in [3.8, 4) is 0 Å². The largest absolute Gasteiger partial charge is 0.321 e. The standard InChI is InChI=1S/C13H9F2N3OS/c14-12(15)10-3-4-11(20-10)13(19)17-8-2-1-7-6-16-18-9(7)5-8/h1-6,12H,(H,16,18)(H,17,19). The Morgan fingerprint density at radius 2 is 2.15 bits per heavy atom. The van der Waals surface area contributed by atoms with Crippen molar-refractivity contribution in [2.45, 2.75) is 6.43 Å². The van der Waals surface area contributed by atoms with Crippen molar-refractivity contribution < 1.29 is 13.6 Å². The molecule has 20 heavy (non-hydrogen) atoms. The number of aromatic nitrogens is 2. The Bertz CT molecular complexity index is 766. The molecule has 0 aliphatic heterocycles. The van der Waals surface area contributed by atoms with Crippen molar-refractivity contribution in [3.63, 3.8) is 0 Å². The van der Waals surface area contributed by atoms with Gasteiger partial charge in [-0.3, -0.25) is 9.89 Å². The first kappa shape index (κ1) is 12.7. The smallest absolute Gasteiger partial charge is 0.272 e. The molecule has 0 fully saturated rings. The first-order valence-electron chi connectivity index (χ1n) is 5.76. The summed E-state index contributed by atoms with van der Waals surface area (Å²) in [7, 11) is 0. The van der Waals surface area contributed by atoms with Crippen LogP contribution in [0.2, 0.25) is 0 Å². The number of hydrogen-bond donors (Lipinski definition) is 2. The molecule has 0 radical (unpaired) electrons. The van der Waals surface area contributed by atoms with E-state index in [2.05, 4.69) is 15.5 Å². The van der Waals surface area contributed by atoms with Gasteiger partial charge in [0, 0.05) is 11.1 Å². The third-order valence-corrected chi connectivity index (χ3v) is 3.86. The van der Waals surface area contributed by atoms with E-state index in [0.29, 0.717) is 5.69 Å². The molecule has 3 rings (SSSR count). The molecule has 1 amide bonds. The number of H-pyrrole nitrogens is 1. The predicted octanol–water partition coefficient (Wildman–Crippen LogP) is 3.81. The molecule has 0 saturated heterocycles. The second kappa shape index (κ2) is 5.01. The van der Waals surface area contributed by atoms with E-state index in [1.807, 2.05) is 6.07 Å². The van der Waals surface area contributed by atoms with Gasteiger partial charge in [0.25, 0.3) is 12.3 Å². The number of halogens is 2. The van der Waals surface area contributed by atoms with Gasteiger partial charge in [-0.05, 0) is 30.3 Å². The zero-order valence-electron chi connectivity index (χ0n) is 10.1. The maximum atomic E-state index is 12.5. The summed E-state index contributed by atoms with van der Waals surface area (Å²) in [5.41, 5.74) is 1.38. The van der Waals surface area contributed by atoms with Crippen LogP contribution in [0.1, 0.15) is 21.0 Å². The van der Waals surface area contributed by atoms with Crippen LogP contribution in [-0.4, -0.2) is 16.1 Å². The average molecular weight is 293 g/mol. The maximum Gasteiger partial charge on any atom is 0.272 e. The van der Waals surface area contributed by atoms with E-state index in [1.54, 1.807) is 18.3 Å². The zero-order chi connectivity index (χ0) is 14.1. The number of hydrogen-bond acceptors (Lipinski definition) is 3. The predicted molar refractivity (Wildman–Crippen MR) is 73.3 cm³/mol. The van der Waals surface area contributed by atoms with Gasteiger partial charge in [0.15, 0.2) is 0 Å². The molecule has 0 aliphatic rings. The van der Waals surface area contributed by atoms with Gasteiger partial charge in [-0.1, -0.05) is 0 Å². The third kappa shape index (κ3) is 2.39. The summed E-state index contributed by atoms with van der Waals surface area (Å²) < 4.78 is 25.0. The number of amides is 1. The Morgan fingerprint density at radius 3 is 2.90 bits per heavy atom. The fraction of sp³-hybridized carbons (Fsp3) is 0.0769. The van der Waals surface area contributed by atoms with E-state index in [1.165, 1.54) is 12.1 Å². The van der Waals surface area contributed by atoms with Gasteiger partial charge >= 0.3 is 0 Å². The fourth-order valence-corrected chi connectivity index (χ4v) is 2.56. The highest BCUT2D eigenvalue weighted by Crippen LogP contribution is 2.27. The van der Waals surface area contributed by atoms with E-state index in [0.717, 1.165) is 22.2 Å². The molecule has 0 spiro atoms. The lowest BCUT2D eigenvalue weighted by Crippen LogP contribution is -2.09. The molecule has 0 unspecified atom stereocenters. The normalized spacial score (nSPS) is 11.2. The summed E-state index contributed by atoms with van der Waals surface area (Å²) in [5, 5.41) is 10.3. The highest BCUT2D eigenvalue weighted by molar-refractivity contribution is 7.14. The van der Waals surface area contributed by atoms with Crippen molar-refractivity contribution >= 4 is 33.8 Å². The van der Waals surface area contributed by atoms with Crippen molar-refractivity contribution in [1.29, 1.82) is 0 Å². The van der Waals surface area contributed by atoms with Gasteiger partial charge in [-0.2, -0.15) is 5.10 Å². The van der Waals surface area contributed by atoms with Crippen LogP contribution in [0.25, 0.3) is 10.9 Å². The van der Waals surface area contributed by atoms with Crippen LogP contribution in [-0.2, 0) is 0 Å². The molecule has 2 heterocycles. The van der Waals surface area contributed by atoms with Crippen LogP contribution >= 0.6 is 11.3 Å². The molecule has 102 valence electrons. The summed E-state index contributed by atoms with van der Waals surface area (Å²) in [6.45, 7) is 0. The minimum atomic E-state index is -2.55. The Morgan fingerprint density at radius 1 is 1.30 bits per heavy atom. The number of nitrogens with zero attached hydrogens (tertiary/aromatic N) is 1. The minimum absolute atomic E-state index is 0.112. The number of carbonyl (C=O) groups is 1. The van der Waals surface area contributed by atoms with Crippen molar-refractivity contribution in [1.82, 2.24) is 10.2 Å². The summed E-state index contributed by atoms with van der Waals surface area (Å²) in [4.78, 5) is 12.1. The van der Waals surface area contributed by atoms with Crippen LogP contribution in [0.5, 0.6) is 0 Å². The summed E-state index contributed by atoms with van der Waals surface area (Å²) in [6.07, 6.45) is -0.877. The van der Waals surface area contributed by atoms with Gasteiger partial charge in [-0.25, -0.2) is 8.78 Å². The molecule has 0 bridgehead atoms. The van der Waals surface area contributed by atoms with Crippen LogP contribution in [0.15, 0.2) is 36.5 Å². The second-order valence-corrected chi connectivity index (χ2v) is 5.24. The minimum Gasteiger partial charge on any atom is -0.321 e. The highest BCUT2D eigenvalue weighted by Gasteiger charge is 2.14. The molecule has 0 aliphatic carbocycles. The number of alkyl halides is 2. The Kier molecular flexibility index (Phi) is 3.19. The fourth-order valence-electron chi connectivity index (χ4n) is 1.80. The van der Waals surface area contributed by atoms with E-state index in [9.17, 15) is 13.6 Å². The number of rotatable bonds is 3. The van der Waals surface area contributed by atoms with Crippen LogP contribution in [0.4, 0.5) is 14.5 Å². The monoisotopic (exact) mass is 293 g/mol. The molecular weight excluding hydrogens is 284 g/mol. The number of fused-ring (bicyclic) bond motifs is 1. The number of nitrogens with one attached hydrogen (secondary N) is 2. The molecule has 3 aromatic rings. The van der Waals surface area contributed by atoms with Crippen molar-refractivity contribution in [2.75, 3.05) is 5.32 Å². The molecule has 0 saturated carbocycles. The van der Waals surface area contributed by atoms with E-state index in [-0.39, 0.29) is 9.75 Å². The Balaban J connectivity index is 1.80. The lowest BCUT2D eigenvalue weighted by atomic mass is 10.2. The van der Waals surface area contributed by atoms with E-state index in [4.69, 9.17) is 0 Å². The molecule has 2 N–H and O–H groups in total. The number of carbonyl (C=O) groups excluding carboxylic acids is 1. The maximum absolute atomic E-state index is 12.5. The number of thiophene rings is 1. The number of anilines is 1. The highest BCUT2D eigenvalue weighted by atomic mass is 32.1. The quantitative estimate of drug-likeness (QED) is 0.771. The van der Waals surface area contributed by atoms with Crippen molar-refractivity contribution in [3.05, 3.63) is 46.3 Å². The molecule has 2 aromatic heterocycles. The topological polar surface area (TPSA) is 57.8 Å². The van der Waals surface area contributed by atoms with Crippen LogP contribution in [0, 0.1) is 0 Å². The lowest BCUT2D eigenvalue weighted by molar-refractivity contribution is 0.103. The van der Waals surface area contributed by atoms with Crippen molar-refractivity contribution in [2.24, 2.45) is 0 Å². The van der Waals surface area contributed by atoms with Gasteiger partial charge in [0.2, 0.25) is 0 Å². The number of benzene rings is 1. The molecule has 4 nitrogen and oxygen atoms in total. The molecule has 7 heteroatoms. The van der Waals surface area contributed by atoms with Crippen LogP contribution < -0.4 is 5.32 Å². The third-order valence-electron chi connectivity index (χ3n) is 2.77. The average Bonchev–Trinajstić information content (AvgIpc) is 3.07. The van der Waals surface area contributed by atoms with E-state index >= 15 is 0 Å². The lowest BCUT2D eigenvalue weighted by Gasteiger charge is -2.03. The number of aromatic amines is 1.